The maximum absolute atomic E-state index is 14.2. The molecule has 1 aliphatic rings. The zero-order chi connectivity index (χ0) is 24.1. The minimum atomic E-state index is -1.16. The van der Waals surface area contributed by atoms with Crippen molar-refractivity contribution in [3.8, 4) is 0 Å². The Hall–Kier alpha value is -3.46. The highest BCUT2D eigenvalue weighted by Crippen LogP contribution is 2.30. The van der Waals surface area contributed by atoms with Crippen LogP contribution in [0.15, 0.2) is 58.3 Å². The molecule has 2 aromatic heterocycles. The molecule has 1 fully saturated rings. The fraction of sp³-hybridized carbons (Fsp3) is 0.320. The highest BCUT2D eigenvalue weighted by molar-refractivity contribution is 7.12. The molecule has 0 aliphatic heterocycles. The number of amides is 3. The zero-order valence-corrected chi connectivity index (χ0v) is 19.6. The van der Waals surface area contributed by atoms with Crippen LogP contribution in [-0.2, 0) is 9.59 Å². The van der Waals surface area contributed by atoms with Gasteiger partial charge >= 0.3 is 0 Å². The topological polar surface area (TPSA) is 91.7 Å². The molecule has 0 radical (unpaired) electrons. The van der Waals surface area contributed by atoms with Crippen molar-refractivity contribution in [3.63, 3.8) is 0 Å². The highest BCUT2D eigenvalue weighted by Gasteiger charge is 2.36. The first kappa shape index (κ1) is 23.7. The molecule has 34 heavy (non-hydrogen) atoms. The molecule has 3 aromatic rings. The van der Waals surface area contributed by atoms with E-state index in [0.29, 0.717) is 10.6 Å². The largest absolute Gasteiger partial charge is 0.464 e. The minimum Gasteiger partial charge on any atom is -0.464 e. The second-order valence-electron chi connectivity index (χ2n) is 8.24. The van der Waals surface area contributed by atoms with Crippen LogP contribution in [0.25, 0.3) is 0 Å². The Balaban J connectivity index is 1.66. The van der Waals surface area contributed by atoms with E-state index in [2.05, 4.69) is 10.6 Å². The van der Waals surface area contributed by atoms with E-state index in [1.807, 2.05) is 0 Å². The van der Waals surface area contributed by atoms with Crippen LogP contribution in [0, 0.1) is 12.7 Å². The van der Waals surface area contributed by atoms with Crippen LogP contribution >= 0.6 is 11.3 Å². The predicted molar refractivity (Wildman–Crippen MR) is 127 cm³/mol. The molecule has 2 N–H and O–H groups in total. The van der Waals surface area contributed by atoms with Gasteiger partial charge in [-0.3, -0.25) is 19.3 Å². The smallest absolute Gasteiger partial charge is 0.261 e. The van der Waals surface area contributed by atoms with Crippen LogP contribution in [0.5, 0.6) is 0 Å². The number of thiophene rings is 1. The van der Waals surface area contributed by atoms with E-state index in [1.54, 1.807) is 42.6 Å². The van der Waals surface area contributed by atoms with Gasteiger partial charge in [-0.2, -0.15) is 0 Å². The van der Waals surface area contributed by atoms with Crippen molar-refractivity contribution in [3.05, 3.63) is 76.1 Å². The molecule has 4 rings (SSSR count). The van der Waals surface area contributed by atoms with E-state index < -0.39 is 29.6 Å². The number of benzene rings is 1. The number of carbonyl (C=O) groups excluding carboxylic acids is 3. The Morgan fingerprint density at radius 3 is 2.59 bits per heavy atom. The van der Waals surface area contributed by atoms with Gasteiger partial charge in [0, 0.05) is 11.7 Å². The molecule has 178 valence electrons. The molecule has 0 saturated heterocycles. The van der Waals surface area contributed by atoms with Gasteiger partial charge in [-0.15, -0.1) is 11.3 Å². The third kappa shape index (κ3) is 5.53. The molecule has 7 nitrogen and oxygen atoms in total. The molecular weight excluding hydrogens is 457 g/mol. The fourth-order valence-corrected chi connectivity index (χ4v) is 4.76. The number of furan rings is 1. The van der Waals surface area contributed by atoms with Crippen molar-refractivity contribution < 1.29 is 23.2 Å². The van der Waals surface area contributed by atoms with Crippen LogP contribution in [0.3, 0.4) is 0 Å². The summed E-state index contributed by atoms with van der Waals surface area (Å²) in [5.41, 5.74) is 0.191. The summed E-state index contributed by atoms with van der Waals surface area (Å²) in [6, 6.07) is 11.0. The number of carbonyl (C=O) groups is 3. The second-order valence-corrected chi connectivity index (χ2v) is 9.19. The minimum absolute atomic E-state index is 0.00838. The van der Waals surface area contributed by atoms with Crippen molar-refractivity contribution >= 4 is 34.7 Å². The van der Waals surface area contributed by atoms with Crippen molar-refractivity contribution in [2.75, 3.05) is 11.4 Å². The predicted octanol–water partition coefficient (Wildman–Crippen LogP) is 4.35. The van der Waals surface area contributed by atoms with Crippen molar-refractivity contribution in [2.24, 2.45) is 0 Å². The molecule has 0 spiro atoms. The van der Waals surface area contributed by atoms with E-state index in [0.717, 1.165) is 25.7 Å². The van der Waals surface area contributed by atoms with E-state index in [9.17, 15) is 18.8 Å². The average Bonchev–Trinajstić information content (AvgIpc) is 3.59. The first-order valence-electron chi connectivity index (χ1n) is 11.2. The normalized spacial score (nSPS) is 14.5. The Bertz CT molecular complexity index is 1150. The number of nitrogens with one attached hydrogen (secondary N) is 2. The van der Waals surface area contributed by atoms with Gasteiger partial charge in [-0.1, -0.05) is 25.0 Å². The fourth-order valence-electron chi connectivity index (χ4n) is 4.12. The summed E-state index contributed by atoms with van der Waals surface area (Å²) >= 11 is 1.25. The second kappa shape index (κ2) is 10.6. The van der Waals surface area contributed by atoms with Crippen LogP contribution in [-0.4, -0.2) is 30.3 Å². The molecule has 1 aliphatic carbocycles. The number of halogens is 1. The summed E-state index contributed by atoms with van der Waals surface area (Å²) in [5.74, 6) is -1.10. The van der Waals surface area contributed by atoms with E-state index in [-0.39, 0.29) is 24.0 Å². The maximum atomic E-state index is 14.2. The van der Waals surface area contributed by atoms with Gasteiger partial charge in [0.05, 0.1) is 11.4 Å². The van der Waals surface area contributed by atoms with E-state index >= 15 is 0 Å². The Morgan fingerprint density at radius 1 is 1.15 bits per heavy atom. The quantitative estimate of drug-likeness (QED) is 0.498. The van der Waals surface area contributed by atoms with Crippen LogP contribution in [0.1, 0.15) is 52.9 Å². The number of nitrogens with zero attached hydrogens (tertiary/aromatic N) is 1. The lowest BCUT2D eigenvalue weighted by Crippen LogP contribution is -2.49. The molecule has 1 atom stereocenters. The summed E-state index contributed by atoms with van der Waals surface area (Å²) in [4.78, 5) is 41.0. The molecule has 1 saturated carbocycles. The van der Waals surface area contributed by atoms with Gasteiger partial charge in [0.25, 0.3) is 11.8 Å². The van der Waals surface area contributed by atoms with Gasteiger partial charge < -0.3 is 15.1 Å². The van der Waals surface area contributed by atoms with Crippen LogP contribution < -0.4 is 15.5 Å². The third-order valence-electron chi connectivity index (χ3n) is 5.74. The van der Waals surface area contributed by atoms with Crippen molar-refractivity contribution in [2.45, 2.75) is 44.7 Å². The van der Waals surface area contributed by atoms with Crippen molar-refractivity contribution in [1.82, 2.24) is 10.6 Å². The number of hydrogen-bond donors (Lipinski definition) is 2. The Morgan fingerprint density at radius 2 is 1.94 bits per heavy atom. The standard InChI is InChI=1S/C25H26FN3O4S/c1-16-11-12-20(33-16)23(25(32)28-18-7-2-3-8-18)29(19-9-4-6-17(26)14-19)22(30)15-27-24(31)21-10-5-13-34-21/h4-6,9-14,18,23H,2-3,7-8,15H2,1H3,(H,27,31)(H,28,32)/t23-/m1/s1. The monoisotopic (exact) mass is 483 g/mol. The van der Waals surface area contributed by atoms with E-state index in [1.165, 1.54) is 34.4 Å². The van der Waals surface area contributed by atoms with Crippen molar-refractivity contribution in [1.29, 1.82) is 0 Å². The van der Waals surface area contributed by atoms with Gasteiger partial charge in [-0.25, -0.2) is 4.39 Å². The molecule has 9 heteroatoms. The lowest BCUT2D eigenvalue weighted by molar-refractivity contribution is -0.127. The highest BCUT2D eigenvalue weighted by atomic mass is 32.1. The summed E-state index contributed by atoms with van der Waals surface area (Å²) in [6.45, 7) is 1.37. The Labute approximate surface area is 200 Å². The molecule has 0 bridgehead atoms. The summed E-state index contributed by atoms with van der Waals surface area (Å²) < 4.78 is 19.9. The molecule has 1 aromatic carbocycles. The summed E-state index contributed by atoms with van der Waals surface area (Å²) in [5, 5.41) is 7.38. The van der Waals surface area contributed by atoms with E-state index in [4.69, 9.17) is 4.42 Å². The SMILES string of the molecule is Cc1ccc([C@H](C(=O)NC2CCCC2)N(C(=O)CNC(=O)c2cccs2)c2cccc(F)c2)o1. The molecular formula is C25H26FN3O4S. The molecule has 0 unspecified atom stereocenters. The summed E-state index contributed by atoms with van der Waals surface area (Å²) in [6.07, 6.45) is 3.77. The number of anilines is 1. The van der Waals surface area contributed by atoms with Gasteiger partial charge in [0.2, 0.25) is 5.91 Å². The first-order valence-corrected chi connectivity index (χ1v) is 12.1. The maximum Gasteiger partial charge on any atom is 0.261 e. The number of rotatable bonds is 8. The third-order valence-corrected chi connectivity index (χ3v) is 6.61. The number of hydrogen-bond acceptors (Lipinski definition) is 5. The zero-order valence-electron chi connectivity index (χ0n) is 18.8. The van der Waals surface area contributed by atoms with Crippen LogP contribution in [0.2, 0.25) is 0 Å². The average molecular weight is 484 g/mol. The first-order chi connectivity index (χ1) is 16.4. The molecule has 3 amide bonds. The van der Waals surface area contributed by atoms with Gasteiger partial charge in [0.1, 0.15) is 17.3 Å². The summed E-state index contributed by atoms with van der Waals surface area (Å²) in [7, 11) is 0. The molecule has 2 heterocycles. The van der Waals surface area contributed by atoms with Gasteiger partial charge in [0.15, 0.2) is 6.04 Å². The number of aryl methyl sites for hydroxylation is 1. The lowest BCUT2D eigenvalue weighted by atomic mass is 10.1. The van der Waals surface area contributed by atoms with Crippen LogP contribution in [0.4, 0.5) is 10.1 Å². The lowest BCUT2D eigenvalue weighted by Gasteiger charge is -2.31. The van der Waals surface area contributed by atoms with Gasteiger partial charge in [-0.05, 0) is 61.5 Å². The Kier molecular flexibility index (Phi) is 7.42.